The number of rotatable bonds is 6. The van der Waals surface area contributed by atoms with E-state index in [1.54, 1.807) is 0 Å². The molecule has 0 heterocycles. The van der Waals surface area contributed by atoms with Crippen molar-refractivity contribution in [2.45, 2.75) is 19.1 Å². The number of amides is 1. The van der Waals surface area contributed by atoms with Crippen molar-refractivity contribution in [2.75, 3.05) is 13.7 Å². The zero-order valence-corrected chi connectivity index (χ0v) is 12.0. The number of carbonyl (C=O) groups is 2. The van der Waals surface area contributed by atoms with Crippen molar-refractivity contribution in [2.24, 2.45) is 5.73 Å². The van der Waals surface area contributed by atoms with Crippen molar-refractivity contribution < 1.29 is 19.1 Å². The van der Waals surface area contributed by atoms with Crippen molar-refractivity contribution in [3.63, 3.8) is 0 Å². The molecule has 6 nitrogen and oxygen atoms in total. The van der Waals surface area contributed by atoms with E-state index < -0.39 is 18.1 Å². The van der Waals surface area contributed by atoms with Crippen molar-refractivity contribution in [1.82, 2.24) is 5.32 Å². The smallest absolute Gasteiger partial charge is 0.408 e. The number of ether oxygens (including phenoxy) is 2. The Morgan fingerprint density at radius 3 is 2.50 bits per heavy atom. The second-order valence-electron chi connectivity index (χ2n) is 3.86. The average Bonchev–Trinajstić information content (AvgIpc) is 2.45. The van der Waals surface area contributed by atoms with Crippen LogP contribution < -0.4 is 11.1 Å². The summed E-state index contributed by atoms with van der Waals surface area (Å²) in [5, 5.41) is 2.42. The Balaban J connectivity index is 0.00000361. The predicted molar refractivity (Wildman–Crippen MR) is 76.5 cm³/mol. The molecule has 0 bridgehead atoms. The van der Waals surface area contributed by atoms with Gasteiger partial charge >= 0.3 is 12.1 Å². The van der Waals surface area contributed by atoms with E-state index in [1.165, 1.54) is 7.11 Å². The highest BCUT2D eigenvalue weighted by molar-refractivity contribution is 5.85. The molecule has 0 fully saturated rings. The van der Waals surface area contributed by atoms with Gasteiger partial charge in [-0.1, -0.05) is 30.3 Å². The van der Waals surface area contributed by atoms with Gasteiger partial charge in [-0.3, -0.25) is 0 Å². The van der Waals surface area contributed by atoms with Gasteiger partial charge in [0.15, 0.2) is 0 Å². The van der Waals surface area contributed by atoms with Crippen LogP contribution in [0.5, 0.6) is 0 Å². The van der Waals surface area contributed by atoms with Gasteiger partial charge in [0.2, 0.25) is 0 Å². The van der Waals surface area contributed by atoms with Gasteiger partial charge in [-0.15, -0.1) is 12.4 Å². The van der Waals surface area contributed by atoms with E-state index in [-0.39, 0.29) is 25.6 Å². The molecule has 0 aliphatic rings. The van der Waals surface area contributed by atoms with Crippen LogP contribution in [0.4, 0.5) is 4.79 Å². The molecule has 1 rings (SSSR count). The molecule has 20 heavy (non-hydrogen) atoms. The molecule has 0 spiro atoms. The number of benzene rings is 1. The standard InChI is InChI=1S/C13H18N2O4.ClH/c1-18-12(16)11(7-8-14)15-13(17)19-9-10-5-3-2-4-6-10;/h2-6,11H,7-9,14H2,1H3,(H,15,17);1H/t11-;/m0./s1. The first-order chi connectivity index (χ1) is 9.17. The minimum atomic E-state index is -0.779. The summed E-state index contributed by atoms with van der Waals surface area (Å²) in [5.74, 6) is -0.540. The summed E-state index contributed by atoms with van der Waals surface area (Å²) in [5.41, 5.74) is 6.23. The molecule has 1 aromatic carbocycles. The topological polar surface area (TPSA) is 90.6 Å². The Bertz CT molecular complexity index is 414. The lowest BCUT2D eigenvalue weighted by atomic mass is 10.2. The van der Waals surface area contributed by atoms with Crippen LogP contribution >= 0.6 is 12.4 Å². The number of alkyl carbamates (subject to hydrolysis) is 1. The van der Waals surface area contributed by atoms with Crippen LogP contribution in [0.1, 0.15) is 12.0 Å². The molecule has 7 heteroatoms. The summed E-state index contributed by atoms with van der Waals surface area (Å²) in [6, 6.07) is 8.47. The summed E-state index contributed by atoms with van der Waals surface area (Å²) >= 11 is 0. The number of hydrogen-bond acceptors (Lipinski definition) is 5. The van der Waals surface area contributed by atoms with Gasteiger partial charge in [0.1, 0.15) is 12.6 Å². The van der Waals surface area contributed by atoms with Crippen molar-refractivity contribution in [3.05, 3.63) is 35.9 Å². The third-order valence-electron chi connectivity index (χ3n) is 2.45. The van der Waals surface area contributed by atoms with Crippen molar-refractivity contribution in [1.29, 1.82) is 0 Å². The first-order valence-corrected chi connectivity index (χ1v) is 5.92. The number of methoxy groups -OCH3 is 1. The average molecular weight is 303 g/mol. The number of carbonyl (C=O) groups excluding carboxylic acids is 2. The molecule has 0 unspecified atom stereocenters. The summed E-state index contributed by atoms with van der Waals surface area (Å²) in [6.07, 6.45) is -0.375. The lowest BCUT2D eigenvalue weighted by Crippen LogP contribution is -2.42. The Morgan fingerprint density at radius 2 is 1.95 bits per heavy atom. The van der Waals surface area contributed by atoms with E-state index in [1.807, 2.05) is 30.3 Å². The highest BCUT2D eigenvalue weighted by Gasteiger charge is 2.21. The highest BCUT2D eigenvalue weighted by Crippen LogP contribution is 2.01. The molecular weight excluding hydrogens is 284 g/mol. The summed E-state index contributed by atoms with van der Waals surface area (Å²) in [7, 11) is 1.25. The third kappa shape index (κ3) is 6.40. The molecule has 1 atom stereocenters. The maximum absolute atomic E-state index is 11.5. The van der Waals surface area contributed by atoms with E-state index in [0.717, 1.165) is 5.56 Å². The minimum Gasteiger partial charge on any atom is -0.467 e. The van der Waals surface area contributed by atoms with Crippen LogP contribution in [-0.2, 0) is 20.9 Å². The molecule has 0 saturated heterocycles. The van der Waals surface area contributed by atoms with Gasteiger partial charge < -0.3 is 20.5 Å². The van der Waals surface area contributed by atoms with Gasteiger partial charge in [0, 0.05) is 0 Å². The van der Waals surface area contributed by atoms with Crippen LogP contribution in [0, 0.1) is 0 Å². The van der Waals surface area contributed by atoms with E-state index in [0.29, 0.717) is 6.42 Å². The van der Waals surface area contributed by atoms with Crippen LogP contribution in [0.15, 0.2) is 30.3 Å². The largest absolute Gasteiger partial charge is 0.467 e. The van der Waals surface area contributed by atoms with Gasteiger partial charge in [0.05, 0.1) is 7.11 Å². The Kier molecular flexibility index (Phi) is 9.15. The lowest BCUT2D eigenvalue weighted by Gasteiger charge is -2.15. The molecule has 1 aromatic rings. The van der Waals surface area contributed by atoms with Crippen molar-refractivity contribution in [3.8, 4) is 0 Å². The summed E-state index contributed by atoms with van der Waals surface area (Å²) in [4.78, 5) is 22.9. The fourth-order valence-corrected chi connectivity index (χ4v) is 1.46. The minimum absolute atomic E-state index is 0. The number of halogens is 1. The predicted octanol–water partition coefficient (Wildman–Crippen LogP) is 1.23. The molecule has 112 valence electrons. The molecule has 1 amide bonds. The zero-order chi connectivity index (χ0) is 14.1. The van der Waals surface area contributed by atoms with Crippen LogP contribution in [-0.4, -0.2) is 31.8 Å². The maximum atomic E-state index is 11.5. The third-order valence-corrected chi connectivity index (χ3v) is 2.45. The monoisotopic (exact) mass is 302 g/mol. The van der Waals surface area contributed by atoms with E-state index in [4.69, 9.17) is 10.5 Å². The second kappa shape index (κ2) is 10.1. The Labute approximate surface area is 124 Å². The summed E-state index contributed by atoms with van der Waals surface area (Å²) in [6.45, 7) is 0.405. The zero-order valence-electron chi connectivity index (χ0n) is 11.2. The van der Waals surface area contributed by atoms with Crippen LogP contribution in [0.25, 0.3) is 0 Å². The molecular formula is C13H19ClN2O4. The van der Waals surface area contributed by atoms with Crippen LogP contribution in [0.3, 0.4) is 0 Å². The fraction of sp³-hybridized carbons (Fsp3) is 0.385. The maximum Gasteiger partial charge on any atom is 0.408 e. The van der Waals surface area contributed by atoms with Crippen LogP contribution in [0.2, 0.25) is 0 Å². The molecule has 0 aromatic heterocycles. The van der Waals surface area contributed by atoms with E-state index in [2.05, 4.69) is 10.1 Å². The second-order valence-corrected chi connectivity index (χ2v) is 3.86. The molecule has 0 aliphatic heterocycles. The van der Waals surface area contributed by atoms with E-state index in [9.17, 15) is 9.59 Å². The first-order valence-electron chi connectivity index (χ1n) is 5.92. The lowest BCUT2D eigenvalue weighted by molar-refractivity contribution is -0.143. The first kappa shape index (κ1) is 18.2. The molecule has 3 N–H and O–H groups in total. The highest BCUT2D eigenvalue weighted by atomic mass is 35.5. The SMILES string of the molecule is COC(=O)[C@H](CCN)NC(=O)OCc1ccccc1.Cl. The van der Waals surface area contributed by atoms with Gasteiger partial charge in [-0.25, -0.2) is 9.59 Å². The molecule has 0 radical (unpaired) electrons. The number of hydrogen-bond donors (Lipinski definition) is 2. The van der Waals surface area contributed by atoms with Crippen molar-refractivity contribution >= 4 is 24.5 Å². The Morgan fingerprint density at radius 1 is 1.30 bits per heavy atom. The quantitative estimate of drug-likeness (QED) is 0.771. The van der Waals surface area contributed by atoms with Gasteiger partial charge in [0.25, 0.3) is 0 Å². The molecule has 0 aliphatic carbocycles. The summed E-state index contributed by atoms with van der Waals surface area (Å²) < 4.78 is 9.56. The normalized spacial score (nSPS) is 10.9. The molecule has 0 saturated carbocycles. The van der Waals surface area contributed by atoms with Gasteiger partial charge in [-0.2, -0.15) is 0 Å². The van der Waals surface area contributed by atoms with E-state index >= 15 is 0 Å². The number of nitrogens with one attached hydrogen (secondary N) is 1. The van der Waals surface area contributed by atoms with Gasteiger partial charge in [-0.05, 0) is 18.5 Å². The Hall–Kier alpha value is -1.79. The fourth-order valence-electron chi connectivity index (χ4n) is 1.46. The number of esters is 1. The number of nitrogens with two attached hydrogens (primary N) is 1.